The number of imidazole rings is 4. The Morgan fingerprint density at radius 1 is 0.411 bits per heavy atom. The Morgan fingerprint density at radius 2 is 0.714 bits per heavy atom. The lowest BCUT2D eigenvalue weighted by Crippen LogP contribution is -1.99. The Bertz CT molecular complexity index is 3050. The van der Waals surface area contributed by atoms with Crippen LogP contribution in [-0.4, -0.2) is 52.8 Å². The SMILES string of the molecule is Cc1ccc2nc(-c3cc(-c4nc5ccc(C)cc5[nH]4)cc(S(=O)(=O)O)c3)[nH]c2c1.Cc1ccc2nc(-c3cccc(-c4nc5ccc(C)cc5[nH]4)c3)[nH]c2c1. The van der Waals surface area contributed by atoms with E-state index in [1.165, 1.54) is 23.3 Å². The third kappa shape index (κ3) is 6.83. The van der Waals surface area contributed by atoms with Crippen LogP contribution in [-0.2, 0) is 10.1 Å². The zero-order valence-electron chi connectivity index (χ0n) is 30.9. The van der Waals surface area contributed by atoms with Crippen molar-refractivity contribution in [1.82, 2.24) is 39.9 Å². The van der Waals surface area contributed by atoms with Crippen LogP contribution in [0.1, 0.15) is 22.3 Å². The molecule has 276 valence electrons. The van der Waals surface area contributed by atoms with Crippen LogP contribution in [0.5, 0.6) is 0 Å². The minimum Gasteiger partial charge on any atom is -0.338 e. The van der Waals surface area contributed by atoms with E-state index in [1.807, 2.05) is 56.3 Å². The summed E-state index contributed by atoms with van der Waals surface area (Å²) in [5.74, 6) is 2.77. The van der Waals surface area contributed by atoms with Gasteiger partial charge >= 0.3 is 0 Å². The van der Waals surface area contributed by atoms with E-state index in [9.17, 15) is 13.0 Å². The second-order valence-electron chi connectivity index (χ2n) is 14.2. The van der Waals surface area contributed by atoms with Gasteiger partial charge in [-0.3, -0.25) is 4.55 Å². The van der Waals surface area contributed by atoms with E-state index in [0.29, 0.717) is 22.8 Å². The molecule has 0 saturated heterocycles. The van der Waals surface area contributed by atoms with Crippen molar-refractivity contribution >= 4 is 54.3 Å². The van der Waals surface area contributed by atoms with Crippen LogP contribution in [0.3, 0.4) is 0 Å². The average Bonchev–Trinajstić information content (AvgIpc) is 3.98. The van der Waals surface area contributed by atoms with Gasteiger partial charge in [-0.25, -0.2) is 19.9 Å². The molecular formula is C44H36N8O3S. The van der Waals surface area contributed by atoms with Gasteiger partial charge in [0, 0.05) is 22.3 Å². The van der Waals surface area contributed by atoms with Gasteiger partial charge < -0.3 is 19.9 Å². The zero-order valence-corrected chi connectivity index (χ0v) is 31.7. The maximum Gasteiger partial charge on any atom is 0.294 e. The summed E-state index contributed by atoms with van der Waals surface area (Å²) in [7, 11) is -4.42. The van der Waals surface area contributed by atoms with Gasteiger partial charge in [0.05, 0.1) is 49.0 Å². The molecule has 0 fully saturated rings. The lowest BCUT2D eigenvalue weighted by Gasteiger charge is -2.05. The second kappa shape index (κ2) is 13.4. The van der Waals surface area contributed by atoms with Crippen molar-refractivity contribution in [1.29, 1.82) is 0 Å². The fourth-order valence-corrected chi connectivity index (χ4v) is 7.43. The van der Waals surface area contributed by atoms with E-state index < -0.39 is 10.1 Å². The first-order valence-electron chi connectivity index (χ1n) is 18.0. The van der Waals surface area contributed by atoms with Crippen LogP contribution in [0.15, 0.2) is 120 Å². The monoisotopic (exact) mass is 756 g/mol. The maximum absolute atomic E-state index is 11.9. The van der Waals surface area contributed by atoms with Crippen molar-refractivity contribution in [2.24, 2.45) is 0 Å². The van der Waals surface area contributed by atoms with E-state index >= 15 is 0 Å². The van der Waals surface area contributed by atoms with Crippen LogP contribution in [0.4, 0.5) is 0 Å². The van der Waals surface area contributed by atoms with Crippen LogP contribution in [0.2, 0.25) is 0 Å². The molecule has 10 rings (SSSR count). The number of nitrogens with zero attached hydrogens (tertiary/aromatic N) is 4. The molecule has 56 heavy (non-hydrogen) atoms. The average molecular weight is 757 g/mol. The molecule has 11 nitrogen and oxygen atoms in total. The normalized spacial score (nSPS) is 11.8. The van der Waals surface area contributed by atoms with Gasteiger partial charge in [-0.15, -0.1) is 0 Å². The number of aromatic nitrogens is 8. The number of fused-ring (bicyclic) bond motifs is 4. The minimum absolute atomic E-state index is 0.219. The van der Waals surface area contributed by atoms with Crippen molar-refractivity contribution < 1.29 is 13.0 Å². The maximum atomic E-state index is 11.9. The summed E-state index contributed by atoms with van der Waals surface area (Å²) in [6.45, 7) is 8.15. The van der Waals surface area contributed by atoms with Crippen LogP contribution >= 0.6 is 0 Å². The fourth-order valence-electron chi connectivity index (χ4n) is 6.88. The van der Waals surface area contributed by atoms with Crippen LogP contribution < -0.4 is 0 Å². The van der Waals surface area contributed by atoms with Crippen LogP contribution in [0, 0.1) is 27.7 Å². The number of nitrogens with one attached hydrogen (secondary N) is 4. The van der Waals surface area contributed by atoms with Gasteiger partial charge in [-0.05, 0) is 123 Å². The van der Waals surface area contributed by atoms with Gasteiger partial charge in [-0.2, -0.15) is 8.42 Å². The summed E-state index contributed by atoms with van der Waals surface area (Å²) in [5.41, 5.74) is 15.1. The number of H-pyrrole nitrogens is 4. The molecule has 0 atom stereocenters. The lowest BCUT2D eigenvalue weighted by atomic mass is 10.1. The second-order valence-corrected chi connectivity index (χ2v) is 15.6. The topological polar surface area (TPSA) is 169 Å². The molecule has 6 aromatic carbocycles. The number of aromatic amines is 4. The first-order chi connectivity index (χ1) is 26.9. The smallest absolute Gasteiger partial charge is 0.294 e. The number of rotatable bonds is 5. The summed E-state index contributed by atoms with van der Waals surface area (Å²) in [5, 5.41) is 0. The largest absolute Gasteiger partial charge is 0.338 e. The van der Waals surface area contributed by atoms with Gasteiger partial charge in [-0.1, -0.05) is 42.5 Å². The van der Waals surface area contributed by atoms with E-state index in [1.54, 1.807) is 6.07 Å². The molecule has 0 spiro atoms. The van der Waals surface area contributed by atoms with Crippen molar-refractivity contribution in [2.45, 2.75) is 32.6 Å². The molecule has 0 aliphatic carbocycles. The van der Waals surface area contributed by atoms with Crippen LogP contribution in [0.25, 0.3) is 89.7 Å². The molecule has 0 saturated carbocycles. The van der Waals surface area contributed by atoms with Gasteiger partial charge in [0.2, 0.25) is 0 Å². The Hall–Kier alpha value is -6.89. The molecule has 4 aromatic heterocycles. The van der Waals surface area contributed by atoms with Gasteiger partial charge in [0.15, 0.2) is 0 Å². The first kappa shape index (κ1) is 34.9. The van der Waals surface area contributed by atoms with E-state index in [-0.39, 0.29) is 4.90 Å². The summed E-state index contributed by atoms with van der Waals surface area (Å²) >= 11 is 0. The van der Waals surface area contributed by atoms with Gasteiger partial charge in [0.25, 0.3) is 10.1 Å². The molecule has 5 N–H and O–H groups in total. The van der Waals surface area contributed by atoms with Crippen molar-refractivity contribution in [3.05, 3.63) is 138 Å². The summed E-state index contributed by atoms with van der Waals surface area (Å²) in [6.07, 6.45) is 0. The van der Waals surface area contributed by atoms with Crippen molar-refractivity contribution in [3.8, 4) is 45.6 Å². The standard InChI is InChI=1S/C22H18N4O3S.C22H18N4/c1-12-3-5-17-19(7-12)25-21(23-17)14-9-15(11-16(10-14)30(27,28)29)22-24-18-6-4-13(2)8-20(18)26-22;1-13-6-8-17-19(10-13)25-21(23-17)15-4-3-5-16(12-15)22-24-18-9-7-14(2)11-20(18)26-22/h3-11H,1-2H3,(H,23,25)(H,24,26)(H,27,28,29);3-12H,1-2H3,(H,23,25)(H,24,26). The minimum atomic E-state index is -4.42. The summed E-state index contributed by atoms with van der Waals surface area (Å²) in [6, 6.07) is 37.1. The highest BCUT2D eigenvalue weighted by Gasteiger charge is 2.18. The Balaban J connectivity index is 0.000000148. The highest BCUT2D eigenvalue weighted by atomic mass is 32.2. The molecular weight excluding hydrogens is 721 g/mol. The Kier molecular flexibility index (Phi) is 8.37. The van der Waals surface area contributed by atoms with Crippen molar-refractivity contribution in [3.63, 3.8) is 0 Å². The summed E-state index contributed by atoms with van der Waals surface area (Å²) < 4.78 is 33.6. The molecule has 0 bridgehead atoms. The van der Waals surface area contributed by atoms with Gasteiger partial charge in [0.1, 0.15) is 23.3 Å². The van der Waals surface area contributed by atoms with E-state index in [0.717, 1.165) is 78.0 Å². The van der Waals surface area contributed by atoms with Crippen molar-refractivity contribution in [2.75, 3.05) is 0 Å². The first-order valence-corrected chi connectivity index (χ1v) is 19.5. The van der Waals surface area contributed by atoms with E-state index in [4.69, 9.17) is 9.97 Å². The zero-order chi connectivity index (χ0) is 38.7. The third-order valence-corrected chi connectivity index (χ3v) is 10.5. The molecule has 0 aliphatic heterocycles. The Labute approximate surface area is 321 Å². The predicted octanol–water partition coefficient (Wildman–Crippen LogP) is 10.0. The highest BCUT2D eigenvalue weighted by molar-refractivity contribution is 7.85. The lowest BCUT2D eigenvalue weighted by molar-refractivity contribution is 0.483. The quantitative estimate of drug-likeness (QED) is 0.109. The fraction of sp³-hybridized carbons (Fsp3) is 0.0909. The highest BCUT2D eigenvalue weighted by Crippen LogP contribution is 2.31. The summed E-state index contributed by atoms with van der Waals surface area (Å²) in [4.78, 5) is 31.7. The van der Waals surface area contributed by atoms with E-state index in [2.05, 4.69) is 98.3 Å². The third-order valence-electron chi connectivity index (χ3n) is 9.71. The molecule has 0 radical (unpaired) electrons. The number of hydrogen-bond donors (Lipinski definition) is 5. The molecule has 0 unspecified atom stereocenters. The molecule has 0 aliphatic rings. The molecule has 10 aromatic rings. The number of hydrogen-bond acceptors (Lipinski definition) is 6. The molecule has 4 heterocycles. The molecule has 12 heteroatoms. The number of benzene rings is 6. The predicted molar refractivity (Wildman–Crippen MR) is 222 cm³/mol. The Morgan fingerprint density at radius 3 is 1.04 bits per heavy atom. The number of aryl methyl sites for hydroxylation is 4. The molecule has 0 amide bonds.